The number of hydrogen-bond acceptors (Lipinski definition) is 6. The van der Waals surface area contributed by atoms with Gasteiger partial charge in [-0.25, -0.2) is 9.97 Å². The maximum atomic E-state index is 6.02. The number of aromatic nitrogens is 8. The Labute approximate surface area is 633 Å². The summed E-state index contributed by atoms with van der Waals surface area (Å²) in [5.74, 6) is 2.10. The molecular formula is C96H96MgN8. The van der Waals surface area contributed by atoms with Crippen molar-refractivity contribution in [2.24, 2.45) is 0 Å². The van der Waals surface area contributed by atoms with Gasteiger partial charge in [0.2, 0.25) is 0 Å². The van der Waals surface area contributed by atoms with Crippen molar-refractivity contribution >= 4 is 153 Å². The molecule has 17 rings (SSSR count). The zero-order valence-electron chi connectivity index (χ0n) is 66.1. The molecule has 0 saturated carbocycles. The van der Waals surface area contributed by atoms with E-state index in [1.165, 1.54) is 44.5 Å². The van der Waals surface area contributed by atoms with Gasteiger partial charge in [0.1, 0.15) is 0 Å². The first-order valence-electron chi connectivity index (χ1n) is 37.5. The van der Waals surface area contributed by atoms with Crippen LogP contribution in [-0.4, -0.2) is 53.0 Å². The summed E-state index contributed by atoms with van der Waals surface area (Å²) in [5.41, 5.74) is 14.5. The van der Waals surface area contributed by atoms with Gasteiger partial charge in [0.15, 0.2) is 0 Å². The Kier molecular flexibility index (Phi) is 15.3. The second-order valence-corrected chi connectivity index (χ2v) is 38.6. The molecule has 522 valence electrons. The van der Waals surface area contributed by atoms with Crippen LogP contribution in [0.2, 0.25) is 0 Å². The van der Waals surface area contributed by atoms with Crippen molar-refractivity contribution in [1.29, 1.82) is 0 Å². The number of benzene rings is 12. The summed E-state index contributed by atoms with van der Waals surface area (Å²) in [6.07, 6.45) is 0. The zero-order valence-corrected chi connectivity index (χ0v) is 67.6. The number of rotatable bonds is 0. The zero-order chi connectivity index (χ0) is 73.7. The van der Waals surface area contributed by atoms with E-state index in [0.29, 0.717) is 45.9 Å². The minimum absolute atomic E-state index is 0. The average Bonchev–Trinajstić information content (AvgIpc) is 1.59. The van der Waals surface area contributed by atoms with Crippen molar-refractivity contribution < 1.29 is 0 Å². The molecule has 0 spiro atoms. The molecule has 0 aliphatic carbocycles. The molecule has 0 radical (unpaired) electrons. The molecule has 0 saturated heterocycles. The van der Waals surface area contributed by atoms with Crippen LogP contribution in [-0.2, 0) is 43.3 Å². The first kappa shape index (κ1) is 70.2. The summed E-state index contributed by atoms with van der Waals surface area (Å²) in [6.45, 7) is 55.2. The van der Waals surface area contributed by atoms with E-state index in [4.69, 9.17) is 39.9 Å². The fraction of sp³-hybridized carbons (Fsp3) is 0.333. The van der Waals surface area contributed by atoms with Crippen LogP contribution in [0.15, 0.2) is 146 Å². The van der Waals surface area contributed by atoms with Gasteiger partial charge in [-0.3, -0.25) is 0 Å². The van der Waals surface area contributed by atoms with E-state index in [-0.39, 0.29) is 66.4 Å². The van der Waals surface area contributed by atoms with Crippen molar-refractivity contribution in [2.45, 2.75) is 209 Å². The molecule has 0 atom stereocenters. The van der Waals surface area contributed by atoms with E-state index in [1.807, 2.05) is 0 Å². The fourth-order valence-electron chi connectivity index (χ4n) is 16.4. The normalized spacial score (nSPS) is 13.6. The molecule has 12 aromatic carbocycles. The van der Waals surface area contributed by atoms with Crippen molar-refractivity contribution in [1.82, 2.24) is 39.9 Å². The molecule has 0 fully saturated rings. The molecular weight excluding hydrogens is 1290 g/mol. The molecule has 3 aromatic heterocycles. The first-order chi connectivity index (χ1) is 48.6. The molecule has 9 heteroatoms. The third kappa shape index (κ3) is 11.1. The SMILES string of the molecule is CC(C)(C)c1ccc2c3c(c4ccc(C(C)(C)C)cc4c2c1)-c1nc-3nc2[n-]c(nc3nc(nc4[n-]c(n1)c1c5ccc(C(C)(C)C)cc5c5cc(C(C)(C)C)ccc5c41)-c1c-3c3ccc(C(C)(C)C)cc3c3cc(C(C)(C)C)ccc13)c1c3ccc(C(C)(C)C)cc3c3cc(C(C)(C)C)ccc3c21.[Mg+2]. The predicted octanol–water partition coefficient (Wildman–Crippen LogP) is 25.4. The summed E-state index contributed by atoms with van der Waals surface area (Å²) in [4.78, 5) is 47.6. The predicted molar refractivity (Wildman–Crippen MR) is 449 cm³/mol. The van der Waals surface area contributed by atoms with Crippen LogP contribution in [0, 0.1) is 0 Å². The minimum atomic E-state index is -0.142. The second kappa shape index (κ2) is 22.9. The number of nitrogens with zero attached hydrogens (tertiary/aromatic N) is 8. The van der Waals surface area contributed by atoms with Gasteiger partial charge in [-0.2, -0.15) is 0 Å². The molecule has 2 aliphatic rings. The van der Waals surface area contributed by atoms with Gasteiger partial charge in [0, 0.05) is 66.4 Å². The molecule has 0 unspecified atom stereocenters. The van der Waals surface area contributed by atoms with Gasteiger partial charge in [0.05, 0.1) is 23.3 Å². The van der Waals surface area contributed by atoms with Gasteiger partial charge < -0.3 is 29.9 Å². The topological polar surface area (TPSA) is 106 Å². The fourth-order valence-corrected chi connectivity index (χ4v) is 16.4. The van der Waals surface area contributed by atoms with Crippen molar-refractivity contribution in [3.63, 3.8) is 0 Å². The van der Waals surface area contributed by atoms with Crippen molar-refractivity contribution in [3.05, 3.63) is 190 Å². The smallest absolute Gasteiger partial charge is 0.357 e. The third-order valence-corrected chi connectivity index (χ3v) is 22.9. The van der Waals surface area contributed by atoms with E-state index in [0.717, 1.165) is 130 Å². The summed E-state index contributed by atoms with van der Waals surface area (Å²) in [6, 6.07) is 56.2. The Morgan fingerprint density at radius 1 is 0.181 bits per heavy atom. The van der Waals surface area contributed by atoms with E-state index < -0.39 is 0 Å². The molecule has 8 bridgehead atoms. The van der Waals surface area contributed by atoms with Gasteiger partial charge in [-0.15, -0.1) is 0 Å². The van der Waals surface area contributed by atoms with E-state index in [2.05, 4.69) is 312 Å². The summed E-state index contributed by atoms with van der Waals surface area (Å²) in [5, 5.41) is 21.0. The molecule has 0 N–H and O–H groups in total. The van der Waals surface area contributed by atoms with Crippen LogP contribution < -0.4 is 9.97 Å². The van der Waals surface area contributed by atoms with Crippen molar-refractivity contribution in [3.8, 4) is 45.6 Å². The van der Waals surface area contributed by atoms with E-state index in [9.17, 15) is 0 Å². The maximum Gasteiger partial charge on any atom is 2.00 e. The largest absolute Gasteiger partial charge is 2.00 e. The Bertz CT molecular complexity index is 5760. The standard InChI is InChI=1S/C96H96N8.Mg/c1-89(2,3)49-25-33-57-65(41-49)66-42-50(90(4,5)6)26-34-58(66)74-73(57)81-97-82(74)102-84-77-61-37-29-53(93(13,14)15)45-69(61)70-46-54(94(16,17)18)30-38-62(70)78(77)86(99-84)104-88-80-64-40-32-56(96(22,23)24)48-72(64)71-47-55(95(19,20)21)31-39-63(71)79(80)87(100-88)103-85-76-60-36-28-52(92(10,11)12)44-68(60)67-43-51(91(7,8)9)27-35-59(67)75(76)83(98-85)101-81;/h25-48H,1-24H3;/q-2;+2. The Balaban J connectivity index is 0.00000847. The average molecular weight is 1390 g/mol. The van der Waals surface area contributed by atoms with E-state index >= 15 is 0 Å². The van der Waals surface area contributed by atoms with Crippen LogP contribution in [0.4, 0.5) is 0 Å². The third-order valence-electron chi connectivity index (χ3n) is 22.9. The van der Waals surface area contributed by atoms with Crippen molar-refractivity contribution in [2.75, 3.05) is 0 Å². The number of hydrogen-bond donors (Lipinski definition) is 0. The molecule has 0 amide bonds. The minimum Gasteiger partial charge on any atom is -0.357 e. The number of fused-ring (bicyclic) bond motifs is 40. The summed E-state index contributed by atoms with van der Waals surface area (Å²) < 4.78 is 0. The Morgan fingerprint density at radius 3 is 0.476 bits per heavy atom. The quantitative estimate of drug-likeness (QED) is 0.109. The maximum absolute atomic E-state index is 6.02. The Morgan fingerprint density at radius 2 is 0.324 bits per heavy atom. The van der Waals surface area contributed by atoms with Crippen LogP contribution in [0.1, 0.15) is 211 Å². The monoisotopic (exact) mass is 1380 g/mol. The molecule has 15 aromatic rings. The van der Waals surface area contributed by atoms with Crippen LogP contribution >= 0.6 is 0 Å². The van der Waals surface area contributed by atoms with Crippen LogP contribution in [0.3, 0.4) is 0 Å². The van der Waals surface area contributed by atoms with Gasteiger partial charge in [0.25, 0.3) is 0 Å². The summed E-state index contributed by atoms with van der Waals surface area (Å²) >= 11 is 0. The Hall–Kier alpha value is -9.15. The van der Waals surface area contributed by atoms with E-state index in [1.54, 1.807) is 0 Å². The van der Waals surface area contributed by atoms with Gasteiger partial charge >= 0.3 is 23.1 Å². The van der Waals surface area contributed by atoms with Crippen LogP contribution in [0.5, 0.6) is 0 Å². The molecule has 8 nitrogen and oxygen atoms in total. The summed E-state index contributed by atoms with van der Waals surface area (Å²) in [7, 11) is 0. The second-order valence-electron chi connectivity index (χ2n) is 38.6. The molecule has 2 aliphatic heterocycles. The van der Waals surface area contributed by atoms with Gasteiger partial charge in [-0.1, -0.05) is 263 Å². The van der Waals surface area contributed by atoms with Gasteiger partial charge in [-0.05, 0) is 223 Å². The van der Waals surface area contributed by atoms with Crippen LogP contribution in [0.25, 0.3) is 176 Å². The molecule has 105 heavy (non-hydrogen) atoms. The first-order valence-corrected chi connectivity index (χ1v) is 37.5. The molecule has 5 heterocycles.